The molecule has 0 heterocycles. The lowest BCUT2D eigenvalue weighted by atomic mass is 10.1. The molecule has 116 valence electrons. The minimum Gasteiger partial charge on any atom is -0.481 e. The summed E-state index contributed by atoms with van der Waals surface area (Å²) in [6, 6.07) is 5.16. The van der Waals surface area contributed by atoms with Crippen molar-refractivity contribution < 1.29 is 14.7 Å². The molecule has 6 heteroatoms. The molecule has 0 fully saturated rings. The third-order valence-electron chi connectivity index (χ3n) is 3.03. The average Bonchev–Trinajstić information content (AvgIpc) is 2.41. The van der Waals surface area contributed by atoms with E-state index in [1.807, 2.05) is 0 Å². The maximum Gasteiger partial charge on any atom is 0.303 e. The summed E-state index contributed by atoms with van der Waals surface area (Å²) >= 11 is 9.30. The van der Waals surface area contributed by atoms with Crippen molar-refractivity contribution >= 4 is 39.4 Å². The van der Waals surface area contributed by atoms with Crippen LogP contribution >= 0.6 is 27.5 Å². The van der Waals surface area contributed by atoms with Crippen LogP contribution in [0.2, 0.25) is 5.02 Å². The van der Waals surface area contributed by atoms with Gasteiger partial charge in [-0.1, -0.05) is 46.8 Å². The molecule has 0 saturated carbocycles. The van der Waals surface area contributed by atoms with E-state index in [2.05, 4.69) is 21.2 Å². The van der Waals surface area contributed by atoms with Gasteiger partial charge < -0.3 is 10.4 Å². The molecule has 0 aromatic heterocycles. The highest BCUT2D eigenvalue weighted by atomic mass is 79.9. The van der Waals surface area contributed by atoms with Gasteiger partial charge in [0.25, 0.3) is 5.91 Å². The zero-order valence-electron chi connectivity index (χ0n) is 11.7. The summed E-state index contributed by atoms with van der Waals surface area (Å²) < 4.78 is 0.838. The maximum absolute atomic E-state index is 11.9. The van der Waals surface area contributed by atoms with Crippen molar-refractivity contribution in [3.8, 4) is 0 Å². The van der Waals surface area contributed by atoms with Gasteiger partial charge in [0.15, 0.2) is 0 Å². The lowest BCUT2D eigenvalue weighted by molar-refractivity contribution is -0.137. The van der Waals surface area contributed by atoms with Crippen molar-refractivity contribution in [2.45, 2.75) is 38.5 Å². The van der Waals surface area contributed by atoms with Crippen molar-refractivity contribution in [2.75, 3.05) is 6.54 Å². The number of carbonyl (C=O) groups excluding carboxylic acids is 1. The molecule has 0 radical (unpaired) electrons. The van der Waals surface area contributed by atoms with Crippen LogP contribution in [-0.2, 0) is 4.79 Å². The topological polar surface area (TPSA) is 66.4 Å². The van der Waals surface area contributed by atoms with E-state index in [9.17, 15) is 9.59 Å². The van der Waals surface area contributed by atoms with Crippen LogP contribution in [0.25, 0.3) is 0 Å². The van der Waals surface area contributed by atoms with Gasteiger partial charge in [0.05, 0.1) is 10.6 Å². The monoisotopic (exact) mass is 375 g/mol. The number of hydrogen-bond donors (Lipinski definition) is 2. The largest absolute Gasteiger partial charge is 0.481 e. The Morgan fingerprint density at radius 3 is 2.48 bits per heavy atom. The molecule has 0 aliphatic heterocycles. The molecule has 0 atom stereocenters. The molecule has 2 N–H and O–H groups in total. The first kappa shape index (κ1) is 18.0. The van der Waals surface area contributed by atoms with E-state index >= 15 is 0 Å². The number of halogens is 2. The van der Waals surface area contributed by atoms with Crippen molar-refractivity contribution in [1.29, 1.82) is 0 Å². The second-order valence-electron chi connectivity index (χ2n) is 4.79. The highest BCUT2D eigenvalue weighted by molar-refractivity contribution is 9.10. The highest BCUT2D eigenvalue weighted by Gasteiger charge is 2.09. The number of unbranched alkanes of at least 4 members (excludes halogenated alkanes) is 4. The highest BCUT2D eigenvalue weighted by Crippen LogP contribution is 2.21. The number of amides is 1. The van der Waals surface area contributed by atoms with Crippen LogP contribution in [0.5, 0.6) is 0 Å². The first-order chi connectivity index (χ1) is 10.0. The van der Waals surface area contributed by atoms with E-state index in [1.165, 1.54) is 0 Å². The van der Waals surface area contributed by atoms with Gasteiger partial charge >= 0.3 is 5.97 Å². The average molecular weight is 377 g/mol. The minimum absolute atomic E-state index is 0.168. The number of hydrogen-bond acceptors (Lipinski definition) is 2. The normalized spacial score (nSPS) is 10.4. The Morgan fingerprint density at radius 1 is 1.14 bits per heavy atom. The van der Waals surface area contributed by atoms with Crippen LogP contribution < -0.4 is 5.32 Å². The molecule has 21 heavy (non-hydrogen) atoms. The summed E-state index contributed by atoms with van der Waals surface area (Å²) in [5.74, 6) is -0.910. The summed E-state index contributed by atoms with van der Waals surface area (Å²) in [7, 11) is 0. The first-order valence-corrected chi connectivity index (χ1v) is 8.13. The zero-order valence-corrected chi connectivity index (χ0v) is 14.0. The van der Waals surface area contributed by atoms with Crippen LogP contribution in [0.3, 0.4) is 0 Å². The third-order valence-corrected chi connectivity index (χ3v) is 3.83. The van der Waals surface area contributed by atoms with E-state index < -0.39 is 5.97 Å². The van der Waals surface area contributed by atoms with Gasteiger partial charge in [0.1, 0.15) is 0 Å². The van der Waals surface area contributed by atoms with Gasteiger partial charge in [-0.05, 0) is 31.0 Å². The molecule has 1 aromatic rings. The lowest BCUT2D eigenvalue weighted by Gasteiger charge is -2.07. The van der Waals surface area contributed by atoms with Crippen LogP contribution in [-0.4, -0.2) is 23.5 Å². The van der Waals surface area contributed by atoms with Gasteiger partial charge in [-0.2, -0.15) is 0 Å². The molecular weight excluding hydrogens is 358 g/mol. The van der Waals surface area contributed by atoms with Crippen molar-refractivity contribution in [1.82, 2.24) is 5.32 Å². The summed E-state index contributed by atoms with van der Waals surface area (Å²) in [5, 5.41) is 11.8. The fraction of sp³-hybridized carbons (Fsp3) is 0.467. The summed E-state index contributed by atoms with van der Waals surface area (Å²) in [6.07, 6.45) is 4.72. The van der Waals surface area contributed by atoms with E-state index in [1.54, 1.807) is 18.2 Å². The molecule has 0 aliphatic carbocycles. The number of nitrogens with one attached hydrogen (secondary N) is 1. The van der Waals surface area contributed by atoms with Crippen molar-refractivity contribution in [3.05, 3.63) is 33.3 Å². The molecule has 1 aromatic carbocycles. The maximum atomic E-state index is 11.9. The summed E-state index contributed by atoms with van der Waals surface area (Å²) in [6.45, 7) is 0.601. The van der Waals surface area contributed by atoms with Gasteiger partial charge in [-0.15, -0.1) is 0 Å². The van der Waals surface area contributed by atoms with Gasteiger partial charge in [0, 0.05) is 17.4 Å². The fourth-order valence-electron chi connectivity index (χ4n) is 1.90. The second-order valence-corrected chi connectivity index (χ2v) is 6.11. The number of carboxylic acid groups (broad SMARTS) is 1. The third kappa shape index (κ3) is 7.48. The van der Waals surface area contributed by atoms with Crippen LogP contribution in [0.1, 0.15) is 48.9 Å². The number of rotatable bonds is 9. The molecule has 1 rings (SSSR count). The predicted molar refractivity (Wildman–Crippen MR) is 86.8 cm³/mol. The Hall–Kier alpha value is -1.07. The molecule has 1 amide bonds. The van der Waals surface area contributed by atoms with Crippen LogP contribution in [0.15, 0.2) is 22.7 Å². The van der Waals surface area contributed by atoms with Crippen molar-refractivity contribution in [2.24, 2.45) is 0 Å². The molecule has 0 saturated heterocycles. The van der Waals surface area contributed by atoms with Gasteiger partial charge in [-0.3, -0.25) is 9.59 Å². The van der Waals surface area contributed by atoms with Crippen molar-refractivity contribution in [3.63, 3.8) is 0 Å². The van der Waals surface area contributed by atoms with Crippen LogP contribution in [0, 0.1) is 0 Å². The van der Waals surface area contributed by atoms with E-state index in [0.29, 0.717) is 17.1 Å². The summed E-state index contributed by atoms with van der Waals surface area (Å²) in [4.78, 5) is 22.2. The fourth-order valence-corrected chi connectivity index (χ4v) is 2.66. The predicted octanol–water partition coefficient (Wildman–Crippen LogP) is 4.26. The SMILES string of the molecule is O=C(O)CCCCCCCNC(=O)c1ccc(Br)cc1Cl. The molecule has 0 bridgehead atoms. The van der Waals surface area contributed by atoms with E-state index in [0.717, 1.165) is 36.6 Å². The number of carbonyl (C=O) groups is 2. The Morgan fingerprint density at radius 2 is 1.81 bits per heavy atom. The Balaban J connectivity index is 2.15. The smallest absolute Gasteiger partial charge is 0.303 e. The van der Waals surface area contributed by atoms with E-state index in [-0.39, 0.29) is 12.3 Å². The molecular formula is C15H19BrClNO3. The molecule has 0 spiro atoms. The quantitative estimate of drug-likeness (QED) is 0.633. The standard InChI is InChI=1S/C15H19BrClNO3/c16-11-7-8-12(13(17)10-11)15(21)18-9-5-3-1-2-4-6-14(19)20/h7-8,10H,1-6,9H2,(H,18,21)(H,19,20). The number of aliphatic carboxylic acids is 1. The molecule has 0 aliphatic rings. The number of carboxylic acids is 1. The van der Waals surface area contributed by atoms with E-state index in [4.69, 9.17) is 16.7 Å². The minimum atomic E-state index is -0.742. The lowest BCUT2D eigenvalue weighted by Crippen LogP contribution is -2.24. The Bertz CT molecular complexity index is 494. The Kier molecular flexibility index (Phi) is 8.38. The summed E-state index contributed by atoms with van der Waals surface area (Å²) in [5.41, 5.74) is 0.473. The molecule has 0 unspecified atom stereocenters. The second kappa shape index (κ2) is 9.79. The number of benzene rings is 1. The van der Waals surface area contributed by atoms with Gasteiger partial charge in [0.2, 0.25) is 0 Å². The first-order valence-electron chi connectivity index (χ1n) is 6.95. The van der Waals surface area contributed by atoms with Crippen LogP contribution in [0.4, 0.5) is 0 Å². The zero-order chi connectivity index (χ0) is 15.7. The van der Waals surface area contributed by atoms with Gasteiger partial charge in [-0.25, -0.2) is 0 Å². The Labute approximate surface area is 138 Å². The molecule has 4 nitrogen and oxygen atoms in total.